The van der Waals surface area contributed by atoms with Crippen molar-refractivity contribution in [3.63, 3.8) is 0 Å². The highest BCUT2D eigenvalue weighted by atomic mass is 16.6. The zero-order chi connectivity index (χ0) is 14.8. The number of hydrogen-bond acceptors (Lipinski definition) is 5. The number of nitro groups is 1. The fraction of sp³-hybridized carbons (Fsp3) is 0.286. The molecule has 21 heavy (non-hydrogen) atoms. The van der Waals surface area contributed by atoms with Crippen LogP contribution >= 0.6 is 0 Å². The standard InChI is InChI=1S/C14H13N3O4/c18-14(16-8-1-2-9-16)21-12-6-5-11(17(19)20)10-4-3-7-15-13(10)12/h3-7H,1-2,8-9H2. The van der Waals surface area contributed by atoms with Crippen molar-refractivity contribution in [1.82, 2.24) is 9.88 Å². The minimum atomic E-state index is -0.476. The SMILES string of the molecule is O=C(Oc1ccc([N+](=O)[O-])c2cccnc12)N1CCCC1. The van der Waals surface area contributed by atoms with Gasteiger partial charge in [0, 0.05) is 25.4 Å². The molecule has 0 radical (unpaired) electrons. The number of carbonyl (C=O) groups is 1. The van der Waals surface area contributed by atoms with E-state index in [1.807, 2.05) is 0 Å². The van der Waals surface area contributed by atoms with Gasteiger partial charge in [0.2, 0.25) is 0 Å². The van der Waals surface area contributed by atoms with Crippen LogP contribution in [-0.4, -0.2) is 34.0 Å². The summed E-state index contributed by atoms with van der Waals surface area (Å²) in [4.78, 5) is 28.3. The maximum Gasteiger partial charge on any atom is 0.415 e. The fourth-order valence-corrected chi connectivity index (χ4v) is 2.43. The predicted molar refractivity (Wildman–Crippen MR) is 75.2 cm³/mol. The maximum atomic E-state index is 12.0. The van der Waals surface area contributed by atoms with Gasteiger partial charge in [0.15, 0.2) is 5.75 Å². The third kappa shape index (κ3) is 2.49. The number of nitro benzene ring substituents is 1. The summed E-state index contributed by atoms with van der Waals surface area (Å²) >= 11 is 0. The van der Waals surface area contributed by atoms with Crippen molar-refractivity contribution in [2.24, 2.45) is 0 Å². The first kappa shape index (κ1) is 13.3. The molecule has 2 heterocycles. The second kappa shape index (κ2) is 5.35. The molecule has 1 saturated heterocycles. The Morgan fingerprint density at radius 1 is 1.29 bits per heavy atom. The normalized spacial score (nSPS) is 14.4. The predicted octanol–water partition coefficient (Wildman–Crippen LogP) is 2.74. The number of non-ortho nitro benzene ring substituents is 1. The van der Waals surface area contributed by atoms with Gasteiger partial charge in [-0.05, 0) is 31.0 Å². The number of fused-ring (bicyclic) bond motifs is 1. The van der Waals surface area contributed by atoms with Gasteiger partial charge in [-0.25, -0.2) is 4.79 Å². The molecule has 0 bridgehead atoms. The van der Waals surface area contributed by atoms with E-state index in [1.54, 1.807) is 17.0 Å². The van der Waals surface area contributed by atoms with Gasteiger partial charge in [-0.3, -0.25) is 15.1 Å². The Labute approximate surface area is 120 Å². The Kier molecular flexibility index (Phi) is 3.39. The Balaban J connectivity index is 1.97. The number of ether oxygens (including phenoxy) is 1. The lowest BCUT2D eigenvalue weighted by Gasteiger charge is -2.15. The third-order valence-electron chi connectivity index (χ3n) is 3.47. The first-order valence-electron chi connectivity index (χ1n) is 6.66. The topological polar surface area (TPSA) is 85.6 Å². The number of aromatic nitrogens is 1. The van der Waals surface area contributed by atoms with E-state index in [0.29, 0.717) is 24.0 Å². The molecule has 0 aliphatic carbocycles. The van der Waals surface area contributed by atoms with Crippen LogP contribution in [0.5, 0.6) is 5.75 Å². The highest BCUT2D eigenvalue weighted by Gasteiger charge is 2.22. The van der Waals surface area contributed by atoms with Crippen LogP contribution in [0.25, 0.3) is 10.9 Å². The molecule has 0 saturated carbocycles. The number of pyridine rings is 1. The van der Waals surface area contributed by atoms with E-state index < -0.39 is 11.0 Å². The van der Waals surface area contributed by atoms with E-state index in [4.69, 9.17) is 4.74 Å². The maximum absolute atomic E-state index is 12.0. The van der Waals surface area contributed by atoms with Crippen molar-refractivity contribution in [3.8, 4) is 5.75 Å². The largest absolute Gasteiger partial charge is 0.415 e. The summed E-state index contributed by atoms with van der Waals surface area (Å²) in [6.45, 7) is 1.36. The number of rotatable bonds is 2. The molecule has 0 N–H and O–H groups in total. The quantitative estimate of drug-likeness (QED) is 0.626. The monoisotopic (exact) mass is 287 g/mol. The first-order chi connectivity index (χ1) is 10.2. The van der Waals surface area contributed by atoms with Crippen molar-refractivity contribution < 1.29 is 14.5 Å². The summed E-state index contributed by atoms with van der Waals surface area (Å²) in [6, 6.07) is 5.95. The zero-order valence-corrected chi connectivity index (χ0v) is 11.2. The second-order valence-electron chi connectivity index (χ2n) is 4.80. The van der Waals surface area contributed by atoms with E-state index in [2.05, 4.69) is 4.98 Å². The van der Waals surface area contributed by atoms with E-state index in [9.17, 15) is 14.9 Å². The number of benzene rings is 1. The minimum Gasteiger partial charge on any atom is -0.408 e. The molecule has 108 valence electrons. The summed E-state index contributed by atoms with van der Waals surface area (Å²) in [5.41, 5.74) is 0.262. The molecular weight excluding hydrogens is 274 g/mol. The molecule has 2 aromatic rings. The van der Waals surface area contributed by atoms with E-state index in [0.717, 1.165) is 12.8 Å². The number of amides is 1. The van der Waals surface area contributed by atoms with Gasteiger partial charge in [0.05, 0.1) is 10.3 Å². The first-order valence-corrected chi connectivity index (χ1v) is 6.66. The number of nitrogens with zero attached hydrogens (tertiary/aromatic N) is 3. The molecule has 3 rings (SSSR count). The lowest BCUT2D eigenvalue weighted by molar-refractivity contribution is -0.383. The molecule has 0 unspecified atom stereocenters. The van der Waals surface area contributed by atoms with Crippen LogP contribution in [0.15, 0.2) is 30.5 Å². The molecule has 7 nitrogen and oxygen atoms in total. The number of hydrogen-bond donors (Lipinski definition) is 0. The van der Waals surface area contributed by atoms with Crippen molar-refractivity contribution in [2.75, 3.05) is 13.1 Å². The molecule has 0 spiro atoms. The fourth-order valence-electron chi connectivity index (χ4n) is 2.43. The molecule has 1 aromatic carbocycles. The highest BCUT2D eigenvalue weighted by molar-refractivity contribution is 5.93. The average Bonchev–Trinajstić information content (AvgIpc) is 3.01. The van der Waals surface area contributed by atoms with Crippen LogP contribution in [0, 0.1) is 10.1 Å². The van der Waals surface area contributed by atoms with Crippen molar-refractivity contribution in [3.05, 3.63) is 40.6 Å². The minimum absolute atomic E-state index is 0.0564. The molecule has 1 amide bonds. The summed E-state index contributed by atoms with van der Waals surface area (Å²) < 4.78 is 5.35. The molecule has 1 aliphatic rings. The molecule has 7 heteroatoms. The molecule has 0 atom stereocenters. The highest BCUT2D eigenvalue weighted by Crippen LogP contribution is 2.31. The average molecular weight is 287 g/mol. The Morgan fingerprint density at radius 3 is 2.76 bits per heavy atom. The second-order valence-corrected chi connectivity index (χ2v) is 4.80. The third-order valence-corrected chi connectivity index (χ3v) is 3.47. The van der Waals surface area contributed by atoms with Crippen molar-refractivity contribution in [1.29, 1.82) is 0 Å². The van der Waals surface area contributed by atoms with Gasteiger partial charge in [-0.1, -0.05) is 0 Å². The van der Waals surface area contributed by atoms with E-state index >= 15 is 0 Å². The molecular formula is C14H13N3O4. The summed E-state index contributed by atoms with van der Waals surface area (Å²) in [5, 5.41) is 11.4. The summed E-state index contributed by atoms with van der Waals surface area (Å²) in [7, 11) is 0. The van der Waals surface area contributed by atoms with E-state index in [-0.39, 0.29) is 11.4 Å². The molecule has 1 aliphatic heterocycles. The van der Waals surface area contributed by atoms with Crippen LogP contribution in [0.1, 0.15) is 12.8 Å². The van der Waals surface area contributed by atoms with Gasteiger partial charge in [-0.15, -0.1) is 0 Å². The van der Waals surface area contributed by atoms with Gasteiger partial charge in [-0.2, -0.15) is 0 Å². The molecule has 1 fully saturated rings. The lowest BCUT2D eigenvalue weighted by Crippen LogP contribution is -2.30. The van der Waals surface area contributed by atoms with Crippen LogP contribution < -0.4 is 4.74 Å². The number of likely N-dealkylation sites (tertiary alicyclic amines) is 1. The smallest absolute Gasteiger partial charge is 0.408 e. The number of carbonyl (C=O) groups excluding carboxylic acids is 1. The van der Waals surface area contributed by atoms with E-state index in [1.165, 1.54) is 18.3 Å². The Bertz CT molecular complexity index is 710. The zero-order valence-electron chi connectivity index (χ0n) is 11.2. The van der Waals surface area contributed by atoms with Gasteiger partial charge in [0.25, 0.3) is 5.69 Å². The summed E-state index contributed by atoms with van der Waals surface area (Å²) in [5.74, 6) is 0.244. The van der Waals surface area contributed by atoms with Crippen LogP contribution in [0.4, 0.5) is 10.5 Å². The van der Waals surface area contributed by atoms with Gasteiger partial charge in [0.1, 0.15) is 5.52 Å². The van der Waals surface area contributed by atoms with Crippen LogP contribution in [-0.2, 0) is 0 Å². The Morgan fingerprint density at radius 2 is 2.05 bits per heavy atom. The van der Waals surface area contributed by atoms with Gasteiger partial charge >= 0.3 is 6.09 Å². The van der Waals surface area contributed by atoms with Crippen LogP contribution in [0.2, 0.25) is 0 Å². The van der Waals surface area contributed by atoms with Crippen molar-refractivity contribution >= 4 is 22.7 Å². The van der Waals surface area contributed by atoms with Gasteiger partial charge < -0.3 is 9.64 Å². The Hall–Kier alpha value is -2.70. The molecule has 1 aromatic heterocycles. The summed E-state index contributed by atoms with van der Waals surface area (Å²) in [6.07, 6.45) is 3.01. The van der Waals surface area contributed by atoms with Crippen molar-refractivity contribution in [2.45, 2.75) is 12.8 Å². The lowest BCUT2D eigenvalue weighted by atomic mass is 10.1. The van der Waals surface area contributed by atoms with Crippen LogP contribution in [0.3, 0.4) is 0 Å².